The van der Waals surface area contributed by atoms with Gasteiger partial charge in [-0.2, -0.15) is 11.8 Å². The largest absolute Gasteiger partial charge is 0.382 e. The van der Waals surface area contributed by atoms with Crippen LogP contribution in [0.15, 0.2) is 24.8 Å². The van der Waals surface area contributed by atoms with Gasteiger partial charge in [0.1, 0.15) is 11.8 Å². The average molecular weight is 277 g/mol. The third kappa shape index (κ3) is 2.31. The second-order valence-electron chi connectivity index (χ2n) is 4.19. The Labute approximate surface area is 115 Å². The molecule has 2 aromatic rings. The Morgan fingerprint density at radius 3 is 3.11 bits per heavy atom. The fraction of sp³-hybridized carbons (Fsp3) is 0.417. The fourth-order valence-corrected chi connectivity index (χ4v) is 2.69. The summed E-state index contributed by atoms with van der Waals surface area (Å²) < 4.78 is 7.82. The molecular weight excluding hydrogens is 262 g/mol. The maximum Gasteiger partial charge on any atom is 0.167 e. The number of ether oxygens (including phenoxy) is 1. The van der Waals surface area contributed by atoms with Crippen molar-refractivity contribution in [2.24, 2.45) is 0 Å². The summed E-state index contributed by atoms with van der Waals surface area (Å²) in [6, 6.07) is 0. The van der Waals surface area contributed by atoms with E-state index in [4.69, 9.17) is 10.5 Å². The average Bonchev–Trinajstić information content (AvgIpc) is 3.02. The molecule has 7 heteroatoms. The molecule has 3 rings (SSSR count). The van der Waals surface area contributed by atoms with Crippen LogP contribution in [-0.2, 0) is 4.74 Å². The smallest absolute Gasteiger partial charge is 0.167 e. The van der Waals surface area contributed by atoms with Crippen molar-refractivity contribution in [3.05, 3.63) is 24.8 Å². The lowest BCUT2D eigenvalue weighted by Gasteiger charge is -2.15. The predicted octanol–water partition coefficient (Wildman–Crippen LogP) is 1.62. The highest BCUT2D eigenvalue weighted by molar-refractivity contribution is 7.99. The Bertz CT molecular complexity index is 611. The highest BCUT2D eigenvalue weighted by Crippen LogP contribution is 2.26. The van der Waals surface area contributed by atoms with Crippen LogP contribution in [0, 0.1) is 0 Å². The van der Waals surface area contributed by atoms with Gasteiger partial charge >= 0.3 is 0 Å². The third-order valence-corrected chi connectivity index (χ3v) is 3.92. The van der Waals surface area contributed by atoms with E-state index in [9.17, 15) is 0 Å². The Morgan fingerprint density at radius 2 is 2.26 bits per heavy atom. The van der Waals surface area contributed by atoms with Crippen molar-refractivity contribution >= 4 is 28.7 Å². The molecule has 0 aromatic carbocycles. The SMILES string of the molecule is CCSC[C@H]1C=C[C@@H](n2cnc3c(N)ncnc32)O1. The minimum absolute atomic E-state index is 0.145. The molecule has 0 radical (unpaired) electrons. The zero-order chi connectivity index (χ0) is 13.2. The van der Waals surface area contributed by atoms with E-state index in [-0.39, 0.29) is 12.3 Å². The number of imidazole rings is 1. The minimum atomic E-state index is -0.165. The van der Waals surface area contributed by atoms with E-state index >= 15 is 0 Å². The molecule has 0 aliphatic carbocycles. The Balaban J connectivity index is 1.83. The molecule has 0 saturated carbocycles. The van der Waals surface area contributed by atoms with Gasteiger partial charge in [0.25, 0.3) is 0 Å². The quantitative estimate of drug-likeness (QED) is 0.855. The van der Waals surface area contributed by atoms with Gasteiger partial charge in [0, 0.05) is 5.75 Å². The Morgan fingerprint density at radius 1 is 1.37 bits per heavy atom. The molecule has 2 aromatic heterocycles. The highest BCUT2D eigenvalue weighted by atomic mass is 32.2. The number of anilines is 1. The van der Waals surface area contributed by atoms with Crippen molar-refractivity contribution in [1.29, 1.82) is 0 Å². The molecule has 2 N–H and O–H groups in total. The van der Waals surface area contributed by atoms with Crippen molar-refractivity contribution in [2.45, 2.75) is 19.3 Å². The van der Waals surface area contributed by atoms with Crippen LogP contribution in [0.3, 0.4) is 0 Å². The van der Waals surface area contributed by atoms with Gasteiger partial charge < -0.3 is 10.5 Å². The number of rotatable bonds is 4. The molecule has 0 fully saturated rings. The van der Waals surface area contributed by atoms with E-state index in [1.165, 1.54) is 6.33 Å². The van der Waals surface area contributed by atoms with Crippen molar-refractivity contribution in [1.82, 2.24) is 19.5 Å². The first-order chi connectivity index (χ1) is 9.29. The van der Waals surface area contributed by atoms with E-state index < -0.39 is 0 Å². The lowest BCUT2D eigenvalue weighted by molar-refractivity contribution is 0.0319. The molecule has 0 saturated heterocycles. The molecule has 6 nitrogen and oxygen atoms in total. The van der Waals surface area contributed by atoms with Crippen LogP contribution in [0.5, 0.6) is 0 Å². The second kappa shape index (κ2) is 5.18. The van der Waals surface area contributed by atoms with E-state index in [0.29, 0.717) is 17.0 Å². The molecule has 3 heterocycles. The number of hydrogen-bond acceptors (Lipinski definition) is 6. The first-order valence-electron chi connectivity index (χ1n) is 6.14. The fourth-order valence-electron chi connectivity index (χ4n) is 2.03. The van der Waals surface area contributed by atoms with E-state index in [1.54, 1.807) is 6.33 Å². The molecule has 0 amide bonds. The zero-order valence-electron chi connectivity index (χ0n) is 10.6. The van der Waals surface area contributed by atoms with Gasteiger partial charge in [0.15, 0.2) is 17.7 Å². The van der Waals surface area contributed by atoms with Gasteiger partial charge in [-0.1, -0.05) is 13.0 Å². The molecule has 19 heavy (non-hydrogen) atoms. The summed E-state index contributed by atoms with van der Waals surface area (Å²) in [5, 5.41) is 0. The van der Waals surface area contributed by atoms with Crippen LogP contribution in [-0.4, -0.2) is 37.1 Å². The number of fused-ring (bicyclic) bond motifs is 1. The van der Waals surface area contributed by atoms with Crippen molar-refractivity contribution in [3.8, 4) is 0 Å². The second-order valence-corrected chi connectivity index (χ2v) is 5.51. The van der Waals surface area contributed by atoms with Crippen LogP contribution < -0.4 is 5.73 Å². The molecule has 1 aliphatic rings. The Kier molecular flexibility index (Phi) is 3.39. The van der Waals surface area contributed by atoms with Gasteiger partial charge in [0.05, 0.1) is 12.4 Å². The summed E-state index contributed by atoms with van der Waals surface area (Å²) in [5.74, 6) is 2.45. The van der Waals surface area contributed by atoms with Gasteiger partial charge in [0.2, 0.25) is 0 Å². The summed E-state index contributed by atoms with van der Waals surface area (Å²) >= 11 is 1.86. The number of nitrogens with two attached hydrogens (primary N) is 1. The Hall–Kier alpha value is -1.60. The molecule has 0 unspecified atom stereocenters. The molecule has 0 bridgehead atoms. The number of hydrogen-bond donors (Lipinski definition) is 1. The van der Waals surface area contributed by atoms with Gasteiger partial charge in [-0.15, -0.1) is 0 Å². The zero-order valence-corrected chi connectivity index (χ0v) is 11.4. The third-order valence-electron chi connectivity index (χ3n) is 2.95. The first-order valence-corrected chi connectivity index (χ1v) is 7.29. The summed E-state index contributed by atoms with van der Waals surface area (Å²) in [6.07, 6.45) is 7.23. The van der Waals surface area contributed by atoms with Crippen molar-refractivity contribution in [2.75, 3.05) is 17.2 Å². The van der Waals surface area contributed by atoms with Crippen molar-refractivity contribution in [3.63, 3.8) is 0 Å². The number of thioether (sulfide) groups is 1. The van der Waals surface area contributed by atoms with Crippen LogP contribution >= 0.6 is 11.8 Å². The van der Waals surface area contributed by atoms with Crippen LogP contribution in [0.1, 0.15) is 13.2 Å². The summed E-state index contributed by atoms with van der Waals surface area (Å²) in [6.45, 7) is 2.14. The van der Waals surface area contributed by atoms with Crippen LogP contribution in [0.25, 0.3) is 11.2 Å². The van der Waals surface area contributed by atoms with Crippen molar-refractivity contribution < 1.29 is 4.74 Å². The van der Waals surface area contributed by atoms with Gasteiger partial charge in [-0.05, 0) is 11.8 Å². The molecular formula is C12H15N5OS. The maximum absolute atomic E-state index is 5.95. The standard InChI is InChI=1S/C12H15N5OS/c1-2-19-5-8-3-4-9(18-8)17-7-16-10-11(13)14-6-15-12(10)17/h3-4,6-9H,2,5H2,1H3,(H2,13,14,15)/t8-,9+/m1/s1. The molecule has 2 atom stereocenters. The lowest BCUT2D eigenvalue weighted by atomic mass is 10.4. The minimum Gasteiger partial charge on any atom is -0.382 e. The maximum atomic E-state index is 5.95. The predicted molar refractivity (Wildman–Crippen MR) is 75.8 cm³/mol. The number of aromatic nitrogens is 4. The highest BCUT2D eigenvalue weighted by Gasteiger charge is 2.22. The van der Waals surface area contributed by atoms with E-state index in [2.05, 4.69) is 28.0 Å². The summed E-state index contributed by atoms with van der Waals surface area (Å²) in [4.78, 5) is 12.4. The summed E-state index contributed by atoms with van der Waals surface area (Å²) in [5.41, 5.74) is 7.09. The van der Waals surface area contributed by atoms with E-state index in [1.807, 2.05) is 22.4 Å². The topological polar surface area (TPSA) is 78.9 Å². The van der Waals surface area contributed by atoms with E-state index in [0.717, 1.165) is 11.5 Å². The summed E-state index contributed by atoms with van der Waals surface area (Å²) in [7, 11) is 0. The van der Waals surface area contributed by atoms with Gasteiger partial charge in [-0.25, -0.2) is 15.0 Å². The van der Waals surface area contributed by atoms with Gasteiger partial charge in [-0.3, -0.25) is 4.57 Å². The lowest BCUT2D eigenvalue weighted by Crippen LogP contribution is -2.14. The normalized spacial score (nSPS) is 22.4. The number of nitrogens with zero attached hydrogens (tertiary/aromatic N) is 4. The molecule has 100 valence electrons. The number of nitrogen functional groups attached to an aromatic ring is 1. The molecule has 0 spiro atoms. The monoisotopic (exact) mass is 277 g/mol. The first kappa shape index (κ1) is 12.4. The van der Waals surface area contributed by atoms with Crippen LogP contribution in [0.4, 0.5) is 5.82 Å². The molecule has 1 aliphatic heterocycles. The van der Waals surface area contributed by atoms with Crippen LogP contribution in [0.2, 0.25) is 0 Å².